The smallest absolute Gasteiger partial charge is 0.191 e. The lowest BCUT2D eigenvalue weighted by Gasteiger charge is -2.22. The molecule has 0 fully saturated rings. The van der Waals surface area contributed by atoms with Gasteiger partial charge < -0.3 is 20.2 Å². The molecule has 0 aliphatic rings. The van der Waals surface area contributed by atoms with Gasteiger partial charge in [0, 0.05) is 19.5 Å². The second kappa shape index (κ2) is 12.0. The lowest BCUT2D eigenvalue weighted by atomic mass is 9.96. The maximum atomic E-state index is 10.7. The fraction of sp³-hybridized carbons (Fsp3) is 0.450. The summed E-state index contributed by atoms with van der Waals surface area (Å²) in [7, 11) is 0. The van der Waals surface area contributed by atoms with Gasteiger partial charge in [0.25, 0.3) is 0 Å². The standard InChI is InChI=1S/C20H29N3O2.HI/c1-3-4-13-21-19(22-14-12-18-11-8-15-25-18)23-16-20(2,24)17-9-6-5-7-10-17;/h5-11,15,24H,3-4,12-14,16H2,1-2H3,(H2,21,22,23);1H. The Morgan fingerprint density at radius 2 is 1.85 bits per heavy atom. The molecule has 0 spiro atoms. The first-order valence-electron chi connectivity index (χ1n) is 8.94. The van der Waals surface area contributed by atoms with E-state index in [1.54, 1.807) is 13.2 Å². The third-order valence-corrected chi connectivity index (χ3v) is 4.01. The van der Waals surface area contributed by atoms with Gasteiger partial charge in [-0.25, -0.2) is 4.99 Å². The maximum Gasteiger partial charge on any atom is 0.191 e. The van der Waals surface area contributed by atoms with Crippen LogP contribution in [0.2, 0.25) is 0 Å². The number of halogens is 1. The average molecular weight is 471 g/mol. The van der Waals surface area contributed by atoms with Gasteiger partial charge in [0.1, 0.15) is 11.4 Å². The van der Waals surface area contributed by atoms with E-state index in [9.17, 15) is 5.11 Å². The van der Waals surface area contributed by atoms with Crippen molar-refractivity contribution in [3.63, 3.8) is 0 Å². The second-order valence-corrected chi connectivity index (χ2v) is 6.34. The van der Waals surface area contributed by atoms with E-state index in [0.717, 1.165) is 49.6 Å². The number of aliphatic hydroxyl groups is 1. The van der Waals surface area contributed by atoms with Gasteiger partial charge in [-0.05, 0) is 31.0 Å². The predicted octanol–water partition coefficient (Wildman–Crippen LogP) is 3.68. The number of guanidine groups is 1. The molecule has 0 bridgehead atoms. The van der Waals surface area contributed by atoms with Crippen molar-refractivity contribution in [2.45, 2.75) is 38.7 Å². The molecule has 0 aliphatic carbocycles. The van der Waals surface area contributed by atoms with Crippen molar-refractivity contribution in [1.82, 2.24) is 10.6 Å². The van der Waals surface area contributed by atoms with Crippen molar-refractivity contribution < 1.29 is 9.52 Å². The molecule has 1 aromatic carbocycles. The Morgan fingerprint density at radius 3 is 2.50 bits per heavy atom. The third kappa shape index (κ3) is 7.78. The minimum atomic E-state index is -0.998. The van der Waals surface area contributed by atoms with E-state index in [4.69, 9.17) is 4.42 Å². The van der Waals surface area contributed by atoms with Gasteiger partial charge in [-0.3, -0.25) is 0 Å². The largest absolute Gasteiger partial charge is 0.469 e. The van der Waals surface area contributed by atoms with E-state index in [1.165, 1.54) is 0 Å². The van der Waals surface area contributed by atoms with E-state index in [1.807, 2.05) is 42.5 Å². The monoisotopic (exact) mass is 471 g/mol. The molecular formula is C20H30IN3O2. The quantitative estimate of drug-likeness (QED) is 0.226. The minimum absolute atomic E-state index is 0. The molecule has 0 saturated carbocycles. The fourth-order valence-corrected chi connectivity index (χ4v) is 2.44. The Balaban J connectivity index is 0.00000338. The molecule has 0 saturated heterocycles. The fourth-order valence-electron chi connectivity index (χ4n) is 2.44. The summed E-state index contributed by atoms with van der Waals surface area (Å²) in [6.45, 7) is 5.82. The summed E-state index contributed by atoms with van der Waals surface area (Å²) in [5.74, 6) is 1.66. The van der Waals surface area contributed by atoms with Crippen LogP contribution < -0.4 is 10.6 Å². The van der Waals surface area contributed by atoms with E-state index >= 15 is 0 Å². The number of hydrogen-bond donors (Lipinski definition) is 3. The van der Waals surface area contributed by atoms with Gasteiger partial charge in [-0.1, -0.05) is 43.7 Å². The average Bonchev–Trinajstić information content (AvgIpc) is 3.13. The summed E-state index contributed by atoms with van der Waals surface area (Å²) >= 11 is 0. The molecule has 26 heavy (non-hydrogen) atoms. The first-order chi connectivity index (χ1) is 12.1. The van der Waals surface area contributed by atoms with Crippen LogP contribution in [0.25, 0.3) is 0 Å². The molecule has 2 rings (SSSR count). The molecule has 144 valence electrons. The molecule has 2 aromatic rings. The van der Waals surface area contributed by atoms with Crippen molar-refractivity contribution in [2.24, 2.45) is 4.99 Å². The van der Waals surface area contributed by atoms with Crippen molar-refractivity contribution in [3.05, 3.63) is 60.1 Å². The summed E-state index contributed by atoms with van der Waals surface area (Å²) in [4.78, 5) is 4.58. The molecule has 0 radical (unpaired) electrons. The van der Waals surface area contributed by atoms with Crippen molar-refractivity contribution in [2.75, 3.05) is 19.6 Å². The number of unbranched alkanes of at least 4 members (excludes halogenated alkanes) is 1. The second-order valence-electron chi connectivity index (χ2n) is 6.34. The van der Waals surface area contributed by atoms with Crippen LogP contribution in [-0.4, -0.2) is 30.7 Å². The third-order valence-electron chi connectivity index (χ3n) is 4.01. The summed E-state index contributed by atoms with van der Waals surface area (Å²) < 4.78 is 5.35. The summed E-state index contributed by atoms with van der Waals surface area (Å²) in [5.41, 5.74) is -0.135. The first kappa shape index (κ1) is 22.5. The Morgan fingerprint density at radius 1 is 1.12 bits per heavy atom. The highest BCUT2D eigenvalue weighted by Gasteiger charge is 2.22. The van der Waals surface area contributed by atoms with Crippen LogP contribution in [0, 0.1) is 0 Å². The summed E-state index contributed by atoms with van der Waals surface area (Å²) in [6, 6.07) is 13.5. The zero-order chi connectivity index (χ0) is 18.0. The molecule has 6 heteroatoms. The topological polar surface area (TPSA) is 69.8 Å². The Labute approximate surface area is 173 Å². The maximum absolute atomic E-state index is 10.7. The van der Waals surface area contributed by atoms with Gasteiger partial charge in [0.15, 0.2) is 5.96 Å². The number of benzene rings is 1. The Kier molecular flexibility index (Phi) is 10.3. The zero-order valence-corrected chi connectivity index (χ0v) is 17.9. The van der Waals surface area contributed by atoms with Crippen LogP contribution in [0.5, 0.6) is 0 Å². The molecule has 5 nitrogen and oxygen atoms in total. The predicted molar refractivity (Wildman–Crippen MR) is 117 cm³/mol. The minimum Gasteiger partial charge on any atom is -0.469 e. The van der Waals surface area contributed by atoms with Gasteiger partial charge in [-0.15, -0.1) is 24.0 Å². The molecule has 1 atom stereocenters. The highest BCUT2D eigenvalue weighted by molar-refractivity contribution is 14.0. The van der Waals surface area contributed by atoms with E-state index < -0.39 is 5.60 Å². The molecule has 0 amide bonds. The Hall–Kier alpha value is -1.54. The first-order valence-corrected chi connectivity index (χ1v) is 8.94. The zero-order valence-electron chi connectivity index (χ0n) is 15.6. The lowest BCUT2D eigenvalue weighted by Crippen LogP contribution is -2.40. The molecule has 0 aliphatic heterocycles. The molecular weight excluding hydrogens is 441 g/mol. The van der Waals surface area contributed by atoms with Crippen LogP contribution >= 0.6 is 24.0 Å². The van der Waals surface area contributed by atoms with E-state index in [2.05, 4.69) is 22.5 Å². The van der Waals surface area contributed by atoms with Crippen LogP contribution in [0.1, 0.15) is 38.0 Å². The summed E-state index contributed by atoms with van der Waals surface area (Å²) in [5, 5.41) is 17.3. The van der Waals surface area contributed by atoms with Crippen LogP contribution in [0.15, 0.2) is 58.1 Å². The number of furan rings is 1. The van der Waals surface area contributed by atoms with Crippen LogP contribution in [-0.2, 0) is 12.0 Å². The van der Waals surface area contributed by atoms with Crippen LogP contribution in [0.3, 0.4) is 0 Å². The molecule has 1 unspecified atom stereocenters. The van der Waals surface area contributed by atoms with Crippen LogP contribution in [0.4, 0.5) is 0 Å². The number of hydrogen-bond acceptors (Lipinski definition) is 3. The SMILES string of the molecule is CCCCNC(=NCC(C)(O)c1ccccc1)NCCc1ccco1.I. The van der Waals surface area contributed by atoms with E-state index in [-0.39, 0.29) is 24.0 Å². The van der Waals surface area contributed by atoms with Gasteiger partial charge in [-0.2, -0.15) is 0 Å². The normalized spacial score (nSPS) is 13.6. The molecule has 1 aromatic heterocycles. The number of nitrogens with zero attached hydrogens (tertiary/aromatic N) is 1. The Bertz CT molecular complexity index is 628. The van der Waals surface area contributed by atoms with Gasteiger partial charge in [0.2, 0.25) is 0 Å². The van der Waals surface area contributed by atoms with E-state index in [0.29, 0.717) is 6.54 Å². The van der Waals surface area contributed by atoms with Crippen molar-refractivity contribution >= 4 is 29.9 Å². The highest BCUT2D eigenvalue weighted by atomic mass is 127. The van der Waals surface area contributed by atoms with Gasteiger partial charge in [0.05, 0.1) is 12.8 Å². The number of rotatable bonds is 9. The van der Waals surface area contributed by atoms with Crippen molar-refractivity contribution in [1.29, 1.82) is 0 Å². The van der Waals surface area contributed by atoms with Crippen molar-refractivity contribution in [3.8, 4) is 0 Å². The summed E-state index contributed by atoms with van der Waals surface area (Å²) in [6.07, 6.45) is 4.67. The highest BCUT2D eigenvalue weighted by Crippen LogP contribution is 2.20. The molecule has 3 N–H and O–H groups in total. The number of aliphatic imine (C=N–C) groups is 1. The molecule has 1 heterocycles. The number of nitrogens with one attached hydrogen (secondary N) is 2. The van der Waals surface area contributed by atoms with Gasteiger partial charge >= 0.3 is 0 Å². The lowest BCUT2D eigenvalue weighted by molar-refractivity contribution is 0.0672.